The summed E-state index contributed by atoms with van der Waals surface area (Å²) < 4.78 is 15.6. The van der Waals surface area contributed by atoms with Crippen molar-refractivity contribution in [2.45, 2.75) is 32.0 Å². The SMILES string of the molecule is CC(C)(O)[C@H](F)CNC(=O)c1cnc(-c2ccc3cc(C#N)cnn23)cc1NCCC#N. The van der Waals surface area contributed by atoms with Crippen LogP contribution < -0.4 is 10.6 Å². The fourth-order valence-corrected chi connectivity index (χ4v) is 2.96. The van der Waals surface area contributed by atoms with E-state index in [-0.39, 0.29) is 18.5 Å². The van der Waals surface area contributed by atoms with Gasteiger partial charge in [0.1, 0.15) is 12.2 Å². The van der Waals surface area contributed by atoms with Crippen LogP contribution in [0.3, 0.4) is 0 Å². The fraction of sp³-hybridized carbons (Fsp3) is 0.318. The lowest BCUT2D eigenvalue weighted by Crippen LogP contribution is -2.42. The standard InChI is InChI=1S/C22H22FN7O2/c1-22(2,32)20(23)13-28-21(31)16-12-27-18(9-17(16)26-7-3-6-24)19-5-4-15-8-14(10-25)11-29-30(15)19/h4-5,8-9,11-12,20,32H,3,7,13H2,1-2H3,(H,26,27)(H,28,31)/t20-/m1/s1. The number of nitrogens with zero attached hydrogens (tertiary/aromatic N) is 5. The number of amides is 1. The maximum Gasteiger partial charge on any atom is 0.255 e. The monoisotopic (exact) mass is 435 g/mol. The molecule has 0 aromatic carbocycles. The van der Waals surface area contributed by atoms with Gasteiger partial charge in [-0.15, -0.1) is 0 Å². The average molecular weight is 435 g/mol. The zero-order valence-corrected chi connectivity index (χ0v) is 17.6. The molecule has 0 aliphatic rings. The first kappa shape index (κ1) is 22.7. The maximum absolute atomic E-state index is 14.0. The number of carbonyl (C=O) groups excluding carboxylic acids is 1. The molecule has 0 fully saturated rings. The van der Waals surface area contributed by atoms with Gasteiger partial charge in [0.2, 0.25) is 0 Å². The Labute approximate surface area is 184 Å². The summed E-state index contributed by atoms with van der Waals surface area (Å²) in [5.41, 5.74) is 1.31. The Morgan fingerprint density at radius 1 is 1.31 bits per heavy atom. The molecule has 0 spiro atoms. The maximum atomic E-state index is 14.0. The van der Waals surface area contributed by atoms with Crippen molar-refractivity contribution in [2.75, 3.05) is 18.4 Å². The van der Waals surface area contributed by atoms with Gasteiger partial charge in [-0.1, -0.05) is 0 Å². The average Bonchev–Trinajstić information content (AvgIpc) is 3.19. The lowest BCUT2D eigenvalue weighted by atomic mass is 10.0. The number of hydrogen-bond donors (Lipinski definition) is 3. The van der Waals surface area contributed by atoms with Crippen LogP contribution in [0.15, 0.2) is 36.7 Å². The van der Waals surface area contributed by atoms with Gasteiger partial charge in [-0.2, -0.15) is 15.6 Å². The van der Waals surface area contributed by atoms with Gasteiger partial charge < -0.3 is 15.7 Å². The summed E-state index contributed by atoms with van der Waals surface area (Å²) in [5.74, 6) is -0.563. The van der Waals surface area contributed by atoms with Crippen molar-refractivity contribution < 1.29 is 14.3 Å². The van der Waals surface area contributed by atoms with E-state index >= 15 is 0 Å². The zero-order valence-electron chi connectivity index (χ0n) is 17.6. The lowest BCUT2D eigenvalue weighted by Gasteiger charge is -2.22. The first-order valence-electron chi connectivity index (χ1n) is 9.88. The number of alkyl halides is 1. The van der Waals surface area contributed by atoms with Crippen LogP contribution in [0.2, 0.25) is 0 Å². The van der Waals surface area contributed by atoms with Crippen LogP contribution in [-0.4, -0.2) is 50.5 Å². The third-order valence-electron chi connectivity index (χ3n) is 4.80. The first-order valence-corrected chi connectivity index (χ1v) is 9.88. The van der Waals surface area contributed by atoms with Crippen molar-refractivity contribution in [3.05, 3.63) is 47.8 Å². The minimum absolute atomic E-state index is 0.176. The van der Waals surface area contributed by atoms with E-state index in [0.29, 0.717) is 34.7 Å². The molecule has 1 atom stereocenters. The Hall–Kier alpha value is -4.02. The van der Waals surface area contributed by atoms with Crippen molar-refractivity contribution in [1.29, 1.82) is 10.5 Å². The van der Waals surface area contributed by atoms with E-state index in [0.717, 1.165) is 0 Å². The van der Waals surface area contributed by atoms with E-state index in [1.807, 2.05) is 12.1 Å². The zero-order chi connectivity index (χ0) is 23.3. The molecule has 3 heterocycles. The van der Waals surface area contributed by atoms with Crippen LogP contribution in [0.5, 0.6) is 0 Å². The molecule has 1 amide bonds. The second kappa shape index (κ2) is 9.41. The number of nitriles is 2. The lowest BCUT2D eigenvalue weighted by molar-refractivity contribution is -0.00177. The number of aliphatic hydroxyl groups is 1. The van der Waals surface area contributed by atoms with Crippen LogP contribution in [0.25, 0.3) is 16.9 Å². The second-order valence-electron chi connectivity index (χ2n) is 7.69. The van der Waals surface area contributed by atoms with E-state index in [4.69, 9.17) is 10.5 Å². The van der Waals surface area contributed by atoms with E-state index in [1.165, 1.54) is 26.2 Å². The van der Waals surface area contributed by atoms with Crippen molar-refractivity contribution >= 4 is 17.1 Å². The molecular formula is C22H22FN7O2. The second-order valence-corrected chi connectivity index (χ2v) is 7.69. The fourth-order valence-electron chi connectivity index (χ4n) is 2.96. The summed E-state index contributed by atoms with van der Waals surface area (Å²) in [6, 6.07) is 11.0. The molecule has 32 heavy (non-hydrogen) atoms. The van der Waals surface area contributed by atoms with Crippen LogP contribution in [0, 0.1) is 22.7 Å². The highest BCUT2D eigenvalue weighted by Gasteiger charge is 2.27. The highest BCUT2D eigenvalue weighted by molar-refractivity contribution is 6.00. The molecule has 9 nitrogen and oxygen atoms in total. The molecule has 0 saturated carbocycles. The summed E-state index contributed by atoms with van der Waals surface area (Å²) in [4.78, 5) is 17.0. The van der Waals surface area contributed by atoms with Gasteiger partial charge in [0.25, 0.3) is 5.91 Å². The minimum atomic E-state index is -1.65. The van der Waals surface area contributed by atoms with Gasteiger partial charge in [0.05, 0.1) is 64.6 Å². The number of fused-ring (bicyclic) bond motifs is 1. The predicted molar refractivity (Wildman–Crippen MR) is 115 cm³/mol. The number of rotatable bonds is 8. The van der Waals surface area contributed by atoms with Crippen molar-refractivity contribution in [3.8, 4) is 23.5 Å². The van der Waals surface area contributed by atoms with E-state index in [9.17, 15) is 14.3 Å². The summed E-state index contributed by atoms with van der Waals surface area (Å²) in [6.45, 7) is 2.58. The molecule has 0 radical (unpaired) electrons. The first-order chi connectivity index (χ1) is 15.2. The number of carbonyl (C=O) groups is 1. The number of anilines is 1. The number of hydrogen-bond acceptors (Lipinski definition) is 7. The molecule has 0 saturated heterocycles. The molecule has 0 bridgehead atoms. The van der Waals surface area contributed by atoms with E-state index in [1.54, 1.807) is 28.8 Å². The van der Waals surface area contributed by atoms with Crippen molar-refractivity contribution in [1.82, 2.24) is 19.9 Å². The van der Waals surface area contributed by atoms with Gasteiger partial charge in [0.15, 0.2) is 0 Å². The molecule has 3 aromatic rings. The Kier molecular flexibility index (Phi) is 6.67. The highest BCUT2D eigenvalue weighted by atomic mass is 19.1. The molecule has 10 heteroatoms. The van der Waals surface area contributed by atoms with E-state index < -0.39 is 17.7 Å². The molecule has 3 aromatic heterocycles. The topological polar surface area (TPSA) is 139 Å². The third-order valence-corrected chi connectivity index (χ3v) is 4.80. The molecular weight excluding hydrogens is 413 g/mol. The molecule has 3 N–H and O–H groups in total. The Morgan fingerprint density at radius 2 is 2.09 bits per heavy atom. The number of halogens is 1. The summed E-state index contributed by atoms with van der Waals surface area (Å²) in [5, 5.41) is 37.4. The normalized spacial score (nSPS) is 12.1. The van der Waals surface area contributed by atoms with Gasteiger partial charge in [-0.25, -0.2) is 8.91 Å². The smallest absolute Gasteiger partial charge is 0.255 e. The molecule has 0 unspecified atom stereocenters. The van der Waals surface area contributed by atoms with Gasteiger partial charge in [-0.05, 0) is 38.1 Å². The van der Waals surface area contributed by atoms with Gasteiger partial charge >= 0.3 is 0 Å². The number of aromatic nitrogens is 3. The van der Waals surface area contributed by atoms with Crippen LogP contribution in [-0.2, 0) is 0 Å². The molecule has 3 rings (SSSR count). The number of pyridine rings is 1. The summed E-state index contributed by atoms with van der Waals surface area (Å²) in [7, 11) is 0. The Bertz CT molecular complexity index is 1220. The van der Waals surface area contributed by atoms with Gasteiger partial charge in [0, 0.05) is 12.7 Å². The van der Waals surface area contributed by atoms with Crippen molar-refractivity contribution in [3.63, 3.8) is 0 Å². The minimum Gasteiger partial charge on any atom is -0.387 e. The largest absolute Gasteiger partial charge is 0.387 e. The van der Waals surface area contributed by atoms with E-state index in [2.05, 4.69) is 20.7 Å². The van der Waals surface area contributed by atoms with Crippen LogP contribution >= 0.6 is 0 Å². The highest BCUT2D eigenvalue weighted by Crippen LogP contribution is 2.25. The van der Waals surface area contributed by atoms with Crippen LogP contribution in [0.1, 0.15) is 36.2 Å². The van der Waals surface area contributed by atoms with Crippen molar-refractivity contribution in [2.24, 2.45) is 0 Å². The molecule has 0 aliphatic carbocycles. The molecule has 164 valence electrons. The number of nitrogens with one attached hydrogen (secondary N) is 2. The molecule has 0 aliphatic heterocycles. The quantitative estimate of drug-likeness (QED) is 0.462. The Morgan fingerprint density at radius 3 is 2.78 bits per heavy atom. The summed E-state index contributed by atoms with van der Waals surface area (Å²) in [6.07, 6.45) is 1.38. The predicted octanol–water partition coefficient (Wildman–Crippen LogP) is 2.43. The Balaban J connectivity index is 1.92. The van der Waals surface area contributed by atoms with Crippen LogP contribution in [0.4, 0.5) is 10.1 Å². The summed E-state index contributed by atoms with van der Waals surface area (Å²) >= 11 is 0. The van der Waals surface area contributed by atoms with Gasteiger partial charge in [-0.3, -0.25) is 9.78 Å². The third kappa shape index (κ3) is 4.99.